The largest absolute Gasteiger partial charge is 0.315 e. The van der Waals surface area contributed by atoms with E-state index >= 15 is 0 Å². The lowest BCUT2D eigenvalue weighted by molar-refractivity contribution is 0.601. The first kappa shape index (κ1) is 18.2. The summed E-state index contributed by atoms with van der Waals surface area (Å²) in [4.78, 5) is 6.76. The van der Waals surface area contributed by atoms with E-state index in [0.717, 1.165) is 21.4 Å². The Balaban J connectivity index is 1.63. The van der Waals surface area contributed by atoms with Crippen molar-refractivity contribution >= 4 is 55.7 Å². The molecule has 2 atom stereocenters. The van der Waals surface area contributed by atoms with Gasteiger partial charge in [-0.2, -0.15) is 0 Å². The topological polar surface area (TPSA) is 49.7 Å². The number of halogens is 2. The lowest BCUT2D eigenvalue weighted by atomic mass is 10.1. The SMILES string of the molecule is O=S1(=O)C[C@@H]2[C@@H](C1)N=C(SCc1ccccc1Cl)N2c1ccc(Cl)cc1. The van der Waals surface area contributed by atoms with Crippen molar-refractivity contribution in [2.24, 2.45) is 4.99 Å². The zero-order valence-electron chi connectivity index (χ0n) is 13.7. The maximum absolute atomic E-state index is 12.1. The molecule has 1 saturated heterocycles. The summed E-state index contributed by atoms with van der Waals surface area (Å²) >= 11 is 13.8. The van der Waals surface area contributed by atoms with E-state index in [9.17, 15) is 8.42 Å². The van der Waals surface area contributed by atoms with Crippen molar-refractivity contribution in [3.63, 3.8) is 0 Å². The number of thioether (sulfide) groups is 1. The number of amidine groups is 1. The fraction of sp³-hybridized carbons (Fsp3) is 0.278. The summed E-state index contributed by atoms with van der Waals surface area (Å²) in [6.45, 7) is 0. The fourth-order valence-electron chi connectivity index (χ4n) is 3.29. The Labute approximate surface area is 167 Å². The summed E-state index contributed by atoms with van der Waals surface area (Å²) in [5, 5.41) is 2.20. The minimum absolute atomic E-state index is 0.109. The van der Waals surface area contributed by atoms with Crippen molar-refractivity contribution < 1.29 is 8.42 Å². The number of aliphatic imine (C=N–C) groups is 1. The van der Waals surface area contributed by atoms with Gasteiger partial charge in [0.1, 0.15) is 0 Å². The summed E-state index contributed by atoms with van der Waals surface area (Å²) in [6, 6.07) is 14.8. The zero-order valence-corrected chi connectivity index (χ0v) is 16.8. The average molecular weight is 427 g/mol. The first-order valence-corrected chi connectivity index (χ1v) is 11.7. The van der Waals surface area contributed by atoms with Crippen LogP contribution >= 0.6 is 35.0 Å². The number of fused-ring (bicyclic) bond motifs is 1. The van der Waals surface area contributed by atoms with Crippen molar-refractivity contribution in [2.75, 3.05) is 16.4 Å². The molecule has 8 heteroatoms. The van der Waals surface area contributed by atoms with Gasteiger partial charge >= 0.3 is 0 Å². The molecule has 2 heterocycles. The summed E-state index contributed by atoms with van der Waals surface area (Å²) < 4.78 is 24.1. The minimum Gasteiger partial charge on any atom is -0.315 e. The second-order valence-corrected chi connectivity index (χ2v) is 10.3. The molecule has 0 spiro atoms. The van der Waals surface area contributed by atoms with E-state index in [1.54, 1.807) is 11.8 Å². The van der Waals surface area contributed by atoms with Crippen LogP contribution in [0.1, 0.15) is 5.56 Å². The molecule has 26 heavy (non-hydrogen) atoms. The Hall–Kier alpha value is -1.21. The van der Waals surface area contributed by atoms with Crippen LogP contribution in [0.3, 0.4) is 0 Å². The Morgan fingerprint density at radius 2 is 1.81 bits per heavy atom. The number of hydrogen-bond donors (Lipinski definition) is 0. The molecule has 4 nitrogen and oxygen atoms in total. The molecule has 0 radical (unpaired) electrons. The van der Waals surface area contributed by atoms with Crippen LogP contribution < -0.4 is 4.90 Å². The maximum atomic E-state index is 12.1. The zero-order chi connectivity index (χ0) is 18.3. The monoisotopic (exact) mass is 426 g/mol. The number of sulfone groups is 1. The summed E-state index contributed by atoms with van der Waals surface area (Å²) in [5.41, 5.74) is 1.94. The van der Waals surface area contributed by atoms with Crippen molar-refractivity contribution in [3.05, 3.63) is 64.1 Å². The predicted molar refractivity (Wildman–Crippen MR) is 110 cm³/mol. The van der Waals surface area contributed by atoms with Crippen LogP contribution in [0, 0.1) is 0 Å². The Bertz CT molecular complexity index is 961. The molecule has 0 bridgehead atoms. The van der Waals surface area contributed by atoms with Gasteiger partial charge in [-0.05, 0) is 35.9 Å². The second kappa shape index (κ2) is 7.08. The normalized spacial score (nSPS) is 23.8. The van der Waals surface area contributed by atoms with E-state index < -0.39 is 9.84 Å². The molecular formula is C18H16Cl2N2O2S2. The number of nitrogens with zero attached hydrogens (tertiary/aromatic N) is 2. The van der Waals surface area contributed by atoms with Crippen LogP contribution in [0.25, 0.3) is 0 Å². The smallest absolute Gasteiger partial charge is 0.164 e. The van der Waals surface area contributed by atoms with Crippen molar-refractivity contribution in [3.8, 4) is 0 Å². The first-order chi connectivity index (χ1) is 12.4. The van der Waals surface area contributed by atoms with Crippen molar-refractivity contribution in [1.29, 1.82) is 0 Å². The highest BCUT2D eigenvalue weighted by molar-refractivity contribution is 8.13. The molecule has 0 amide bonds. The molecule has 2 aliphatic rings. The predicted octanol–water partition coefficient (Wildman–Crippen LogP) is 4.27. The van der Waals surface area contributed by atoms with Gasteiger partial charge in [-0.25, -0.2) is 8.42 Å². The van der Waals surface area contributed by atoms with Crippen LogP contribution in [-0.4, -0.2) is 37.2 Å². The maximum Gasteiger partial charge on any atom is 0.164 e. The summed E-state index contributed by atoms with van der Waals surface area (Å²) in [5.74, 6) is 0.909. The van der Waals surface area contributed by atoms with Gasteiger partial charge in [-0.15, -0.1) is 0 Å². The van der Waals surface area contributed by atoms with E-state index in [2.05, 4.69) is 0 Å². The molecule has 1 fully saturated rings. The third-order valence-electron chi connectivity index (χ3n) is 4.53. The quantitative estimate of drug-likeness (QED) is 0.734. The lowest BCUT2D eigenvalue weighted by Crippen LogP contribution is -2.39. The molecule has 0 aliphatic carbocycles. The standard InChI is InChI=1S/C18H16Cl2N2O2S2/c19-13-5-7-14(8-6-13)22-17-11-26(23,24)10-16(17)21-18(22)25-9-12-3-1-2-4-15(12)20/h1-8,16-17H,9-11H2/t16-,17-/m1/s1. The average Bonchev–Trinajstić information content (AvgIpc) is 3.06. The number of benzene rings is 2. The molecule has 136 valence electrons. The molecule has 0 unspecified atom stereocenters. The van der Waals surface area contributed by atoms with Crippen molar-refractivity contribution in [2.45, 2.75) is 17.8 Å². The number of rotatable bonds is 3. The Kier molecular flexibility index (Phi) is 4.94. The molecule has 0 saturated carbocycles. The molecule has 0 aromatic heterocycles. The highest BCUT2D eigenvalue weighted by Crippen LogP contribution is 2.36. The van der Waals surface area contributed by atoms with E-state index in [-0.39, 0.29) is 23.6 Å². The van der Waals surface area contributed by atoms with Crippen molar-refractivity contribution in [1.82, 2.24) is 0 Å². The van der Waals surface area contributed by atoms with Gasteiger partial charge in [0, 0.05) is 21.5 Å². The van der Waals surface area contributed by atoms with Gasteiger partial charge in [-0.3, -0.25) is 4.99 Å². The van der Waals surface area contributed by atoms with E-state index in [1.807, 2.05) is 53.4 Å². The summed E-state index contributed by atoms with van der Waals surface area (Å²) in [7, 11) is -3.06. The molecule has 4 rings (SSSR count). The molecular weight excluding hydrogens is 411 g/mol. The van der Waals surface area contributed by atoms with Crippen LogP contribution in [0.2, 0.25) is 10.0 Å². The third-order valence-corrected chi connectivity index (χ3v) is 7.86. The summed E-state index contributed by atoms with van der Waals surface area (Å²) in [6.07, 6.45) is 0. The Morgan fingerprint density at radius 3 is 2.54 bits per heavy atom. The second-order valence-electron chi connectivity index (χ2n) is 6.35. The van der Waals surface area contributed by atoms with Gasteiger partial charge in [0.2, 0.25) is 0 Å². The Morgan fingerprint density at radius 1 is 1.08 bits per heavy atom. The minimum atomic E-state index is -3.06. The fourth-order valence-corrected chi connectivity index (χ4v) is 6.67. The van der Waals surface area contributed by atoms with Gasteiger partial charge in [0.05, 0.1) is 23.6 Å². The van der Waals surface area contributed by atoms with Crippen LogP contribution in [0.15, 0.2) is 53.5 Å². The lowest BCUT2D eigenvalue weighted by Gasteiger charge is -2.26. The number of hydrogen-bond acceptors (Lipinski definition) is 5. The third kappa shape index (κ3) is 3.60. The molecule has 0 N–H and O–H groups in total. The van der Waals surface area contributed by atoms with E-state index in [4.69, 9.17) is 28.2 Å². The molecule has 2 aromatic rings. The first-order valence-electron chi connectivity index (χ1n) is 8.12. The molecule has 2 aliphatic heterocycles. The van der Waals surface area contributed by atoms with Gasteiger partial charge in [-0.1, -0.05) is 53.2 Å². The number of anilines is 1. The van der Waals surface area contributed by atoms with E-state index in [0.29, 0.717) is 10.8 Å². The van der Waals surface area contributed by atoms with Crippen LogP contribution in [-0.2, 0) is 15.6 Å². The van der Waals surface area contributed by atoms with Gasteiger partial charge in [0.25, 0.3) is 0 Å². The highest BCUT2D eigenvalue weighted by atomic mass is 35.5. The van der Waals surface area contributed by atoms with E-state index in [1.165, 1.54) is 0 Å². The van der Waals surface area contributed by atoms with Gasteiger partial charge < -0.3 is 4.90 Å². The molecule has 2 aromatic carbocycles. The highest BCUT2D eigenvalue weighted by Gasteiger charge is 2.47. The van der Waals surface area contributed by atoms with Crippen LogP contribution in [0.4, 0.5) is 5.69 Å². The van der Waals surface area contributed by atoms with Crippen LogP contribution in [0.5, 0.6) is 0 Å². The van der Waals surface area contributed by atoms with Gasteiger partial charge in [0.15, 0.2) is 15.0 Å².